The SMILES string of the molecule is CCOP(=O)(C=C[C@@H](Cc1ccc(OCc2cc(OCC(F)(F)F)ccn2)cc1)NC(=O)c1ccccc1)OCC. The van der Waals surface area contributed by atoms with Crippen LogP contribution in [0.3, 0.4) is 0 Å². The minimum atomic E-state index is -4.44. The molecule has 1 N–H and O–H groups in total. The van der Waals surface area contributed by atoms with Crippen molar-refractivity contribution in [2.45, 2.75) is 39.1 Å². The number of rotatable bonds is 15. The maximum absolute atomic E-state index is 12.9. The summed E-state index contributed by atoms with van der Waals surface area (Å²) in [4.78, 5) is 16.9. The van der Waals surface area contributed by atoms with Gasteiger partial charge in [0.1, 0.15) is 18.1 Å². The Bertz CT molecular complexity index is 1310. The zero-order valence-electron chi connectivity index (χ0n) is 22.7. The van der Waals surface area contributed by atoms with Crippen molar-refractivity contribution in [1.82, 2.24) is 10.3 Å². The molecule has 0 unspecified atom stereocenters. The summed E-state index contributed by atoms with van der Waals surface area (Å²) in [6.45, 7) is 2.45. The molecule has 3 aromatic rings. The van der Waals surface area contributed by atoms with E-state index < -0.39 is 26.4 Å². The second-order valence-corrected chi connectivity index (χ2v) is 10.6. The van der Waals surface area contributed by atoms with Gasteiger partial charge in [-0.05, 0) is 56.2 Å². The van der Waals surface area contributed by atoms with E-state index in [4.69, 9.17) is 18.5 Å². The quantitative estimate of drug-likeness (QED) is 0.196. The van der Waals surface area contributed by atoms with Crippen LogP contribution in [0.15, 0.2) is 84.8 Å². The molecule has 2 aromatic carbocycles. The number of ether oxygens (including phenoxy) is 2. The zero-order valence-corrected chi connectivity index (χ0v) is 23.6. The summed E-state index contributed by atoms with van der Waals surface area (Å²) in [5.74, 6) is 1.63. The van der Waals surface area contributed by atoms with E-state index in [1.165, 1.54) is 24.1 Å². The first-order valence-electron chi connectivity index (χ1n) is 12.9. The molecule has 8 nitrogen and oxygen atoms in total. The summed E-state index contributed by atoms with van der Waals surface area (Å²) in [5, 5.41) is 2.94. The Morgan fingerprint density at radius 2 is 1.66 bits per heavy atom. The van der Waals surface area contributed by atoms with Crippen molar-refractivity contribution in [3.8, 4) is 11.5 Å². The first-order valence-corrected chi connectivity index (χ1v) is 14.5. The highest BCUT2D eigenvalue weighted by atomic mass is 31.2. The average molecular weight is 593 g/mol. The van der Waals surface area contributed by atoms with Crippen LogP contribution in [0, 0.1) is 0 Å². The average Bonchev–Trinajstić information content (AvgIpc) is 2.95. The van der Waals surface area contributed by atoms with Gasteiger partial charge in [0.15, 0.2) is 6.61 Å². The Morgan fingerprint density at radius 1 is 0.976 bits per heavy atom. The number of alkyl halides is 3. The van der Waals surface area contributed by atoms with E-state index in [0.717, 1.165) is 5.56 Å². The summed E-state index contributed by atoms with van der Waals surface area (Å²) in [6.07, 6.45) is -1.11. The number of benzene rings is 2. The fraction of sp³-hybridized carbons (Fsp3) is 0.310. The van der Waals surface area contributed by atoms with Crippen LogP contribution in [0.25, 0.3) is 0 Å². The Balaban J connectivity index is 1.67. The summed E-state index contributed by atoms with van der Waals surface area (Å²) < 4.78 is 71.3. The molecule has 0 saturated heterocycles. The molecule has 1 aromatic heterocycles. The molecule has 12 heteroatoms. The predicted octanol–water partition coefficient (Wildman–Crippen LogP) is 6.72. The molecule has 220 valence electrons. The van der Waals surface area contributed by atoms with Crippen molar-refractivity contribution in [1.29, 1.82) is 0 Å². The molecule has 1 amide bonds. The largest absolute Gasteiger partial charge is 0.487 e. The number of hydrogen-bond acceptors (Lipinski definition) is 7. The van der Waals surface area contributed by atoms with Crippen molar-refractivity contribution in [3.05, 3.63) is 102 Å². The number of hydrogen-bond donors (Lipinski definition) is 1. The second-order valence-electron chi connectivity index (χ2n) is 8.69. The Hall–Kier alpha value is -3.66. The van der Waals surface area contributed by atoms with E-state index in [0.29, 0.717) is 23.4 Å². The van der Waals surface area contributed by atoms with Crippen LogP contribution in [-0.2, 0) is 26.6 Å². The van der Waals surface area contributed by atoms with Crippen LogP contribution in [0.2, 0.25) is 0 Å². The van der Waals surface area contributed by atoms with Crippen LogP contribution in [0.5, 0.6) is 11.5 Å². The van der Waals surface area contributed by atoms with Gasteiger partial charge in [-0.1, -0.05) is 36.4 Å². The Morgan fingerprint density at radius 3 is 2.29 bits per heavy atom. The molecule has 3 rings (SSSR count). The first kappa shape index (κ1) is 31.9. The standard InChI is InChI=1S/C29H32F3N2O6P/c1-3-39-41(36,40-4-2)17-15-24(34-28(35)23-8-6-5-7-9-23)18-22-10-12-26(13-11-22)37-20-25-19-27(14-16-33-25)38-21-29(30,31)32/h5-17,19,24H,3-4,18,20-21H2,1-2H3,(H,34,35)/t24-/m0/s1. The highest BCUT2D eigenvalue weighted by Crippen LogP contribution is 2.49. The van der Waals surface area contributed by atoms with Gasteiger partial charge in [-0.2, -0.15) is 13.2 Å². The molecule has 0 saturated carbocycles. The molecule has 41 heavy (non-hydrogen) atoms. The van der Waals surface area contributed by atoms with E-state index in [9.17, 15) is 22.5 Å². The van der Waals surface area contributed by atoms with E-state index in [1.54, 1.807) is 56.3 Å². The number of carbonyl (C=O) groups is 1. The highest BCUT2D eigenvalue weighted by Gasteiger charge is 2.28. The van der Waals surface area contributed by atoms with Gasteiger partial charge < -0.3 is 23.8 Å². The van der Waals surface area contributed by atoms with Gasteiger partial charge in [0, 0.05) is 23.6 Å². The Kier molecular flexibility index (Phi) is 11.9. The van der Waals surface area contributed by atoms with E-state index >= 15 is 0 Å². The molecule has 0 spiro atoms. The van der Waals surface area contributed by atoms with Gasteiger partial charge in [0.05, 0.1) is 24.9 Å². The monoisotopic (exact) mass is 592 g/mol. The molecular weight excluding hydrogens is 560 g/mol. The van der Waals surface area contributed by atoms with Crippen LogP contribution in [0.4, 0.5) is 13.2 Å². The van der Waals surface area contributed by atoms with Crippen LogP contribution >= 0.6 is 7.60 Å². The summed E-state index contributed by atoms with van der Waals surface area (Å²) in [5.41, 5.74) is 1.73. The van der Waals surface area contributed by atoms with Crippen molar-refractivity contribution < 1.29 is 41.1 Å². The van der Waals surface area contributed by atoms with Crippen molar-refractivity contribution in [3.63, 3.8) is 0 Å². The molecule has 1 heterocycles. The van der Waals surface area contributed by atoms with Gasteiger partial charge in [0.2, 0.25) is 0 Å². The van der Waals surface area contributed by atoms with Gasteiger partial charge in [-0.3, -0.25) is 14.3 Å². The second kappa shape index (κ2) is 15.4. The minimum Gasteiger partial charge on any atom is -0.487 e. The van der Waals surface area contributed by atoms with Crippen LogP contribution in [0.1, 0.15) is 35.5 Å². The number of halogens is 3. The highest BCUT2D eigenvalue weighted by molar-refractivity contribution is 7.57. The third-order valence-corrected chi connectivity index (χ3v) is 7.20. The molecular formula is C29H32F3N2O6P. The lowest BCUT2D eigenvalue weighted by Gasteiger charge is -2.18. The number of aromatic nitrogens is 1. The maximum atomic E-state index is 12.9. The molecule has 0 aliphatic heterocycles. The maximum Gasteiger partial charge on any atom is 0.422 e. The van der Waals surface area contributed by atoms with Crippen molar-refractivity contribution in [2.24, 2.45) is 0 Å². The van der Waals surface area contributed by atoms with E-state index in [2.05, 4.69) is 10.3 Å². The van der Waals surface area contributed by atoms with E-state index in [1.807, 2.05) is 18.2 Å². The lowest BCUT2D eigenvalue weighted by atomic mass is 10.1. The van der Waals surface area contributed by atoms with Crippen molar-refractivity contribution >= 4 is 13.5 Å². The smallest absolute Gasteiger partial charge is 0.422 e. The van der Waals surface area contributed by atoms with Crippen LogP contribution < -0.4 is 14.8 Å². The van der Waals surface area contributed by atoms with Gasteiger partial charge in [-0.15, -0.1) is 0 Å². The number of carbonyl (C=O) groups excluding carboxylic acids is 1. The number of nitrogens with zero attached hydrogens (tertiary/aromatic N) is 1. The summed E-state index contributed by atoms with van der Waals surface area (Å²) in [7, 11) is -3.48. The third-order valence-electron chi connectivity index (χ3n) is 5.43. The van der Waals surface area contributed by atoms with Crippen molar-refractivity contribution in [2.75, 3.05) is 19.8 Å². The predicted molar refractivity (Wildman–Crippen MR) is 148 cm³/mol. The van der Waals surface area contributed by atoms with E-state index in [-0.39, 0.29) is 31.5 Å². The Labute approximate surface area is 237 Å². The fourth-order valence-electron chi connectivity index (χ4n) is 3.62. The molecule has 0 fully saturated rings. The van der Waals surface area contributed by atoms with Crippen LogP contribution in [-0.4, -0.2) is 42.9 Å². The number of amides is 1. The lowest BCUT2D eigenvalue weighted by Crippen LogP contribution is -2.35. The first-order chi connectivity index (χ1) is 19.6. The molecule has 0 radical (unpaired) electrons. The summed E-state index contributed by atoms with van der Waals surface area (Å²) >= 11 is 0. The fourth-order valence-corrected chi connectivity index (χ4v) is 5.01. The summed E-state index contributed by atoms with van der Waals surface area (Å²) in [6, 6.07) is 18.0. The molecule has 1 atom stereocenters. The molecule has 0 aliphatic rings. The number of nitrogens with one attached hydrogen (secondary N) is 1. The lowest BCUT2D eigenvalue weighted by molar-refractivity contribution is -0.153. The molecule has 0 aliphatic carbocycles. The normalized spacial score (nSPS) is 12.7. The van der Waals surface area contributed by atoms with Gasteiger partial charge >= 0.3 is 13.8 Å². The topological polar surface area (TPSA) is 96.0 Å². The van der Waals surface area contributed by atoms with Gasteiger partial charge in [0.25, 0.3) is 5.91 Å². The zero-order chi connectivity index (χ0) is 29.7. The third kappa shape index (κ3) is 11.4. The molecule has 0 bridgehead atoms. The van der Waals surface area contributed by atoms with Gasteiger partial charge in [-0.25, -0.2) is 0 Å². The minimum absolute atomic E-state index is 0.0191. The number of pyridine rings is 1.